The van der Waals surface area contributed by atoms with Crippen molar-refractivity contribution in [2.45, 2.75) is 26.7 Å². The third-order valence-electron chi connectivity index (χ3n) is 3.40. The molecule has 2 heteroatoms. The second kappa shape index (κ2) is 5.27. The summed E-state index contributed by atoms with van der Waals surface area (Å²) >= 11 is 0. The predicted molar refractivity (Wildman–Crippen MR) is 76.6 cm³/mol. The van der Waals surface area contributed by atoms with Crippen LogP contribution in [0.1, 0.15) is 33.7 Å². The van der Waals surface area contributed by atoms with Crippen LogP contribution in [0.4, 0.5) is 0 Å². The summed E-state index contributed by atoms with van der Waals surface area (Å²) in [4.78, 5) is 11.6. The normalized spacial score (nSPS) is 12.2. The van der Waals surface area contributed by atoms with Crippen LogP contribution in [-0.4, -0.2) is 11.1 Å². The van der Waals surface area contributed by atoms with Crippen molar-refractivity contribution in [1.29, 1.82) is 0 Å². The maximum Gasteiger partial charge on any atom is 0.315 e. The summed E-state index contributed by atoms with van der Waals surface area (Å²) in [5.41, 5.74) is 4.93. The largest absolute Gasteiger partial charge is 0.481 e. The van der Waals surface area contributed by atoms with Crippen molar-refractivity contribution in [3.05, 3.63) is 70.3 Å². The Hall–Kier alpha value is -2.09. The minimum absolute atomic E-state index is 0.597. The molecule has 0 aliphatic heterocycles. The van der Waals surface area contributed by atoms with E-state index >= 15 is 0 Å². The van der Waals surface area contributed by atoms with Gasteiger partial charge in [-0.15, -0.1) is 0 Å². The Morgan fingerprint density at radius 1 is 0.947 bits per heavy atom. The van der Waals surface area contributed by atoms with Gasteiger partial charge in [-0.3, -0.25) is 4.79 Å². The molecule has 1 unspecified atom stereocenters. The lowest BCUT2D eigenvalue weighted by Crippen LogP contribution is -2.14. The Morgan fingerprint density at radius 2 is 1.53 bits per heavy atom. The van der Waals surface area contributed by atoms with Crippen LogP contribution in [0.2, 0.25) is 0 Å². The van der Waals surface area contributed by atoms with Gasteiger partial charge in [0.15, 0.2) is 0 Å². The number of carbonyl (C=O) groups is 1. The number of benzene rings is 2. The van der Waals surface area contributed by atoms with Gasteiger partial charge < -0.3 is 5.11 Å². The first kappa shape index (κ1) is 13.3. The van der Waals surface area contributed by atoms with Crippen LogP contribution in [0.5, 0.6) is 0 Å². The SMILES string of the molecule is Cc1ccc(C(C(=O)O)c2cc(C)ccc2C)cc1. The van der Waals surface area contributed by atoms with Gasteiger partial charge in [0.2, 0.25) is 0 Å². The van der Waals surface area contributed by atoms with Gasteiger partial charge in [0.1, 0.15) is 5.92 Å². The molecular formula is C17H18O2. The number of rotatable bonds is 3. The highest BCUT2D eigenvalue weighted by Crippen LogP contribution is 2.28. The molecule has 98 valence electrons. The van der Waals surface area contributed by atoms with Gasteiger partial charge in [-0.2, -0.15) is 0 Å². The van der Waals surface area contributed by atoms with Gasteiger partial charge in [0, 0.05) is 0 Å². The molecule has 0 heterocycles. The molecule has 0 aromatic heterocycles. The molecule has 0 saturated heterocycles. The quantitative estimate of drug-likeness (QED) is 0.903. The highest BCUT2D eigenvalue weighted by atomic mass is 16.4. The Labute approximate surface area is 113 Å². The van der Waals surface area contributed by atoms with Crippen molar-refractivity contribution in [3.63, 3.8) is 0 Å². The fourth-order valence-corrected chi connectivity index (χ4v) is 2.28. The summed E-state index contributed by atoms with van der Waals surface area (Å²) in [6.45, 7) is 5.94. The van der Waals surface area contributed by atoms with E-state index in [9.17, 15) is 9.90 Å². The van der Waals surface area contributed by atoms with Gasteiger partial charge in [-0.25, -0.2) is 0 Å². The third kappa shape index (κ3) is 2.84. The Bertz CT molecular complexity index is 597. The van der Waals surface area contributed by atoms with E-state index in [-0.39, 0.29) is 0 Å². The standard InChI is InChI=1S/C17H18O2/c1-11-5-8-14(9-6-11)16(17(18)19)15-10-12(2)4-7-13(15)3/h4-10,16H,1-3H3,(H,18,19). The molecule has 0 fully saturated rings. The molecular weight excluding hydrogens is 236 g/mol. The van der Waals surface area contributed by atoms with Crippen LogP contribution in [0, 0.1) is 20.8 Å². The molecule has 0 radical (unpaired) electrons. The number of hydrogen-bond acceptors (Lipinski definition) is 1. The molecule has 2 rings (SSSR count). The van der Waals surface area contributed by atoms with Gasteiger partial charge in [-0.1, -0.05) is 53.6 Å². The fourth-order valence-electron chi connectivity index (χ4n) is 2.28. The van der Waals surface area contributed by atoms with Gasteiger partial charge in [-0.05, 0) is 37.5 Å². The van der Waals surface area contributed by atoms with Crippen LogP contribution in [0.15, 0.2) is 42.5 Å². The molecule has 2 aromatic rings. The van der Waals surface area contributed by atoms with E-state index in [1.807, 2.05) is 63.2 Å². The third-order valence-corrected chi connectivity index (χ3v) is 3.40. The summed E-state index contributed by atoms with van der Waals surface area (Å²) < 4.78 is 0. The van der Waals surface area contributed by atoms with Gasteiger partial charge in [0.25, 0.3) is 0 Å². The highest BCUT2D eigenvalue weighted by molar-refractivity contribution is 5.81. The van der Waals surface area contributed by atoms with Crippen molar-refractivity contribution < 1.29 is 9.90 Å². The average molecular weight is 254 g/mol. The second-order valence-corrected chi connectivity index (χ2v) is 5.04. The Morgan fingerprint density at radius 3 is 2.11 bits per heavy atom. The summed E-state index contributed by atoms with van der Waals surface area (Å²) in [5.74, 6) is -1.40. The summed E-state index contributed by atoms with van der Waals surface area (Å²) in [5, 5.41) is 9.56. The van der Waals surface area contributed by atoms with Crippen molar-refractivity contribution in [3.8, 4) is 0 Å². The molecule has 1 N–H and O–H groups in total. The number of aliphatic carboxylic acids is 1. The zero-order chi connectivity index (χ0) is 14.0. The number of hydrogen-bond donors (Lipinski definition) is 1. The second-order valence-electron chi connectivity index (χ2n) is 5.04. The lowest BCUT2D eigenvalue weighted by Gasteiger charge is -2.16. The lowest BCUT2D eigenvalue weighted by molar-refractivity contribution is -0.137. The van der Waals surface area contributed by atoms with Crippen LogP contribution in [0.3, 0.4) is 0 Å². The molecule has 0 aliphatic rings. The fraction of sp³-hybridized carbons (Fsp3) is 0.235. The van der Waals surface area contributed by atoms with Crippen molar-refractivity contribution in [1.82, 2.24) is 0 Å². The summed E-state index contributed by atoms with van der Waals surface area (Å²) in [6.07, 6.45) is 0. The first-order valence-electron chi connectivity index (χ1n) is 6.35. The highest BCUT2D eigenvalue weighted by Gasteiger charge is 2.23. The monoisotopic (exact) mass is 254 g/mol. The minimum Gasteiger partial charge on any atom is -0.481 e. The van der Waals surface area contributed by atoms with E-state index in [0.717, 1.165) is 27.8 Å². The molecule has 0 aliphatic carbocycles. The van der Waals surface area contributed by atoms with Crippen molar-refractivity contribution in [2.24, 2.45) is 0 Å². The Balaban J connectivity index is 2.54. The van der Waals surface area contributed by atoms with Gasteiger partial charge >= 0.3 is 5.97 Å². The van der Waals surface area contributed by atoms with E-state index in [4.69, 9.17) is 0 Å². The molecule has 2 nitrogen and oxygen atoms in total. The van der Waals surface area contributed by atoms with Crippen LogP contribution in [-0.2, 0) is 4.79 Å². The molecule has 0 spiro atoms. The summed E-state index contributed by atoms with van der Waals surface area (Å²) in [7, 11) is 0. The first-order chi connectivity index (χ1) is 8.99. The molecule has 0 saturated carbocycles. The van der Waals surface area contributed by atoms with Gasteiger partial charge in [0.05, 0.1) is 0 Å². The van der Waals surface area contributed by atoms with Crippen LogP contribution >= 0.6 is 0 Å². The van der Waals surface area contributed by atoms with Crippen LogP contribution in [0.25, 0.3) is 0 Å². The maximum atomic E-state index is 11.6. The number of carboxylic acid groups (broad SMARTS) is 1. The minimum atomic E-state index is -0.808. The molecule has 19 heavy (non-hydrogen) atoms. The van der Waals surface area contributed by atoms with E-state index < -0.39 is 11.9 Å². The lowest BCUT2D eigenvalue weighted by atomic mass is 9.87. The molecule has 0 amide bonds. The van der Waals surface area contributed by atoms with Crippen LogP contribution < -0.4 is 0 Å². The summed E-state index contributed by atoms with van der Waals surface area (Å²) in [6, 6.07) is 13.7. The maximum absolute atomic E-state index is 11.6. The zero-order valence-corrected chi connectivity index (χ0v) is 11.5. The molecule has 1 atom stereocenters. The molecule has 0 bridgehead atoms. The number of carboxylic acids is 1. The molecule has 2 aromatic carbocycles. The first-order valence-corrected chi connectivity index (χ1v) is 6.35. The number of aryl methyl sites for hydroxylation is 3. The topological polar surface area (TPSA) is 37.3 Å². The average Bonchev–Trinajstić information content (AvgIpc) is 2.36. The van der Waals surface area contributed by atoms with E-state index in [0.29, 0.717) is 0 Å². The smallest absolute Gasteiger partial charge is 0.315 e. The van der Waals surface area contributed by atoms with E-state index in [1.54, 1.807) is 0 Å². The Kier molecular flexibility index (Phi) is 3.70. The van der Waals surface area contributed by atoms with E-state index in [1.165, 1.54) is 0 Å². The van der Waals surface area contributed by atoms with E-state index in [2.05, 4.69) is 0 Å². The predicted octanol–water partition coefficient (Wildman–Crippen LogP) is 3.83. The zero-order valence-electron chi connectivity index (χ0n) is 11.5. The van der Waals surface area contributed by atoms with Crippen molar-refractivity contribution >= 4 is 5.97 Å². The van der Waals surface area contributed by atoms with Crippen molar-refractivity contribution in [2.75, 3.05) is 0 Å².